The van der Waals surface area contributed by atoms with Crippen molar-refractivity contribution in [1.82, 2.24) is 9.62 Å². The van der Waals surface area contributed by atoms with Crippen LogP contribution in [-0.4, -0.2) is 50.3 Å². The van der Waals surface area contributed by atoms with E-state index in [0.717, 1.165) is 18.4 Å². The maximum absolute atomic E-state index is 15.7. The van der Waals surface area contributed by atoms with Crippen molar-refractivity contribution in [3.8, 4) is 11.1 Å². The van der Waals surface area contributed by atoms with Crippen molar-refractivity contribution >= 4 is 15.9 Å². The van der Waals surface area contributed by atoms with Gasteiger partial charge in [-0.3, -0.25) is 4.79 Å². The highest BCUT2D eigenvalue weighted by Gasteiger charge is 2.64. The largest absolute Gasteiger partial charge is 0.338 e. The van der Waals surface area contributed by atoms with Crippen molar-refractivity contribution in [2.75, 3.05) is 19.3 Å². The fourth-order valence-corrected chi connectivity index (χ4v) is 5.24. The lowest BCUT2D eigenvalue weighted by atomic mass is 9.94. The van der Waals surface area contributed by atoms with Crippen LogP contribution in [0, 0.1) is 11.6 Å². The van der Waals surface area contributed by atoms with Crippen molar-refractivity contribution in [1.29, 1.82) is 0 Å². The Bertz CT molecular complexity index is 1100. The van der Waals surface area contributed by atoms with E-state index < -0.39 is 45.2 Å². The Balaban J connectivity index is 1.58. The molecule has 166 valence electrons. The summed E-state index contributed by atoms with van der Waals surface area (Å²) in [7, 11) is -3.44. The second-order valence-electron chi connectivity index (χ2n) is 8.28. The van der Waals surface area contributed by atoms with Crippen LogP contribution in [0.15, 0.2) is 42.5 Å². The molecule has 2 aromatic carbocycles. The van der Waals surface area contributed by atoms with E-state index in [-0.39, 0.29) is 24.1 Å². The second-order valence-corrected chi connectivity index (χ2v) is 10.1. The summed E-state index contributed by atoms with van der Waals surface area (Å²) in [6.07, 6.45) is 2.07. The van der Waals surface area contributed by atoms with Gasteiger partial charge in [0.25, 0.3) is 5.91 Å². The quantitative estimate of drug-likeness (QED) is 0.757. The maximum atomic E-state index is 15.7. The van der Waals surface area contributed by atoms with E-state index in [1.807, 2.05) is 0 Å². The molecule has 31 heavy (non-hydrogen) atoms. The predicted octanol–water partition coefficient (Wildman–Crippen LogP) is 3.37. The molecule has 0 aromatic heterocycles. The summed E-state index contributed by atoms with van der Waals surface area (Å²) < 4.78 is 69.9. The van der Waals surface area contributed by atoms with Crippen LogP contribution in [0.4, 0.5) is 13.2 Å². The van der Waals surface area contributed by atoms with Gasteiger partial charge in [0.05, 0.1) is 11.8 Å². The van der Waals surface area contributed by atoms with Crippen molar-refractivity contribution in [2.45, 2.75) is 36.9 Å². The summed E-state index contributed by atoms with van der Waals surface area (Å²) >= 11 is 0. The Hall–Kier alpha value is -2.39. The first kappa shape index (κ1) is 21.8. The zero-order chi connectivity index (χ0) is 22.4. The first-order chi connectivity index (χ1) is 14.6. The standard InChI is InChI=1S/C22H23F3N2O3S/c1-31(29,30)26-14-6-5-11-27(13-14)21(28)22(25)12-17(22)15-7-2-3-8-16(15)20-18(23)9-4-10-19(20)24/h2-4,7-10,14,17,26H,5-6,11-13H2,1H3/t14-,17+,22+/m0/s1. The number of nitrogens with zero attached hydrogens (tertiary/aromatic N) is 1. The molecular weight excluding hydrogens is 429 g/mol. The van der Waals surface area contributed by atoms with Crippen LogP contribution in [0.25, 0.3) is 11.1 Å². The predicted molar refractivity (Wildman–Crippen MR) is 111 cm³/mol. The molecule has 9 heteroatoms. The lowest BCUT2D eigenvalue weighted by Crippen LogP contribution is -2.51. The molecule has 1 aliphatic carbocycles. The fourth-order valence-electron chi connectivity index (χ4n) is 4.44. The number of hydrogen-bond donors (Lipinski definition) is 1. The van der Waals surface area contributed by atoms with Crippen LogP contribution >= 0.6 is 0 Å². The molecule has 2 fully saturated rings. The number of piperidine rings is 1. The van der Waals surface area contributed by atoms with E-state index in [2.05, 4.69) is 4.72 Å². The summed E-state index contributed by atoms with van der Waals surface area (Å²) in [5.41, 5.74) is -1.81. The van der Waals surface area contributed by atoms with Gasteiger partial charge in [-0.15, -0.1) is 0 Å². The molecule has 1 amide bonds. The highest BCUT2D eigenvalue weighted by atomic mass is 32.2. The van der Waals surface area contributed by atoms with Gasteiger partial charge in [-0.05, 0) is 36.1 Å². The van der Waals surface area contributed by atoms with Gasteiger partial charge in [0.15, 0.2) is 5.67 Å². The number of hydrogen-bond acceptors (Lipinski definition) is 3. The Morgan fingerprint density at radius 3 is 2.48 bits per heavy atom. The molecule has 0 unspecified atom stereocenters. The summed E-state index contributed by atoms with van der Waals surface area (Å²) in [6.45, 7) is 0.427. The van der Waals surface area contributed by atoms with E-state index in [9.17, 15) is 22.0 Å². The molecule has 3 atom stereocenters. The van der Waals surface area contributed by atoms with E-state index in [1.165, 1.54) is 17.0 Å². The highest BCUT2D eigenvalue weighted by molar-refractivity contribution is 7.88. The molecule has 5 nitrogen and oxygen atoms in total. The fraction of sp³-hybridized carbons (Fsp3) is 0.409. The van der Waals surface area contributed by atoms with E-state index in [1.54, 1.807) is 18.2 Å². The average Bonchev–Trinajstić information content (AvgIpc) is 3.39. The molecule has 1 saturated carbocycles. The van der Waals surface area contributed by atoms with Gasteiger partial charge in [0.1, 0.15) is 11.6 Å². The van der Waals surface area contributed by atoms with E-state index in [4.69, 9.17) is 0 Å². The van der Waals surface area contributed by atoms with Gasteiger partial charge in [-0.2, -0.15) is 0 Å². The van der Waals surface area contributed by atoms with Crippen molar-refractivity contribution in [2.24, 2.45) is 0 Å². The monoisotopic (exact) mass is 452 g/mol. The number of nitrogens with one attached hydrogen (secondary N) is 1. The molecule has 2 aromatic rings. The van der Waals surface area contributed by atoms with Crippen LogP contribution in [0.3, 0.4) is 0 Å². The van der Waals surface area contributed by atoms with E-state index >= 15 is 4.39 Å². The number of carbonyl (C=O) groups is 1. The molecule has 0 spiro atoms. The van der Waals surface area contributed by atoms with Crippen molar-refractivity contribution in [3.05, 3.63) is 59.7 Å². The molecule has 1 aliphatic heterocycles. The van der Waals surface area contributed by atoms with Crippen LogP contribution in [0.5, 0.6) is 0 Å². The minimum atomic E-state index is -3.44. The number of sulfonamides is 1. The molecule has 0 bridgehead atoms. The third-order valence-corrected chi connectivity index (χ3v) is 6.67. The SMILES string of the molecule is CS(=O)(=O)N[C@H]1CCCN(C(=O)[C@@]2(F)C[C@@H]2c2ccccc2-c2c(F)cccc2F)C1. The van der Waals surface area contributed by atoms with Crippen LogP contribution in [-0.2, 0) is 14.8 Å². The van der Waals surface area contributed by atoms with Gasteiger partial charge >= 0.3 is 0 Å². The number of alkyl halides is 1. The minimum absolute atomic E-state index is 0.0837. The van der Waals surface area contributed by atoms with Crippen molar-refractivity contribution in [3.63, 3.8) is 0 Å². The Morgan fingerprint density at radius 1 is 1.13 bits per heavy atom. The van der Waals surface area contributed by atoms with Gasteiger partial charge in [-0.25, -0.2) is 26.3 Å². The summed E-state index contributed by atoms with van der Waals surface area (Å²) in [4.78, 5) is 14.3. The Kier molecular flexibility index (Phi) is 5.59. The average molecular weight is 452 g/mol. The van der Waals surface area contributed by atoms with Gasteiger partial charge in [0.2, 0.25) is 10.0 Å². The molecule has 2 aliphatic rings. The number of likely N-dealkylation sites (tertiary alicyclic amines) is 1. The number of amides is 1. The molecule has 1 heterocycles. The molecule has 1 N–H and O–H groups in total. The number of halogens is 3. The third-order valence-electron chi connectivity index (χ3n) is 5.91. The van der Waals surface area contributed by atoms with Crippen LogP contribution < -0.4 is 4.72 Å². The Labute approximate surface area is 179 Å². The highest BCUT2D eigenvalue weighted by Crippen LogP contribution is 2.57. The van der Waals surface area contributed by atoms with Gasteiger partial charge in [0, 0.05) is 31.5 Å². The molecule has 4 rings (SSSR count). The van der Waals surface area contributed by atoms with Crippen LogP contribution in [0.2, 0.25) is 0 Å². The lowest BCUT2D eigenvalue weighted by Gasteiger charge is -2.33. The number of rotatable bonds is 5. The van der Waals surface area contributed by atoms with Crippen molar-refractivity contribution < 1.29 is 26.4 Å². The van der Waals surface area contributed by atoms with Gasteiger partial charge in [-0.1, -0.05) is 30.3 Å². The molecule has 1 saturated heterocycles. The normalized spacial score (nSPS) is 26.0. The zero-order valence-corrected chi connectivity index (χ0v) is 17.8. The summed E-state index contributed by atoms with van der Waals surface area (Å²) in [6, 6.07) is 9.44. The lowest BCUT2D eigenvalue weighted by molar-refractivity contribution is -0.139. The molecule has 0 radical (unpaired) electrons. The summed E-state index contributed by atoms with van der Waals surface area (Å²) in [5, 5.41) is 0. The van der Waals surface area contributed by atoms with Crippen LogP contribution in [0.1, 0.15) is 30.7 Å². The Morgan fingerprint density at radius 2 is 1.81 bits per heavy atom. The number of benzene rings is 2. The molecular formula is C22H23F3N2O3S. The first-order valence-corrected chi connectivity index (χ1v) is 12.0. The topological polar surface area (TPSA) is 66.5 Å². The summed E-state index contributed by atoms with van der Waals surface area (Å²) in [5.74, 6) is -3.04. The first-order valence-electron chi connectivity index (χ1n) is 10.1. The second kappa shape index (κ2) is 7.94. The van der Waals surface area contributed by atoms with E-state index in [0.29, 0.717) is 24.9 Å². The third kappa shape index (κ3) is 4.34. The number of carbonyl (C=O) groups excluding carboxylic acids is 1. The van der Waals surface area contributed by atoms with Gasteiger partial charge < -0.3 is 4.90 Å². The zero-order valence-electron chi connectivity index (χ0n) is 16.9. The maximum Gasteiger partial charge on any atom is 0.260 e. The minimum Gasteiger partial charge on any atom is -0.338 e. The smallest absolute Gasteiger partial charge is 0.260 e.